The molecule has 0 saturated heterocycles. The smallest absolute Gasteiger partial charge is 0.301 e. The van der Waals surface area contributed by atoms with Crippen LogP contribution in [0.4, 0.5) is 0 Å². The zero-order chi connectivity index (χ0) is 15.2. The van der Waals surface area contributed by atoms with Crippen LogP contribution in [0, 0.1) is 6.92 Å². The summed E-state index contributed by atoms with van der Waals surface area (Å²) in [6, 6.07) is 9.12. The fraction of sp³-hybridized carbons (Fsp3) is 0.267. The van der Waals surface area contributed by atoms with Crippen molar-refractivity contribution in [3.8, 4) is 11.5 Å². The normalized spacial score (nSPS) is 10.2. The molecule has 0 atom stereocenters. The molecule has 6 nitrogen and oxygen atoms in total. The maximum Gasteiger partial charge on any atom is 0.301 e. The maximum atomic E-state index is 11.5. The number of aryl methyl sites for hydroxylation is 1. The SMILES string of the molecule is CCOc1ccccc1OCc1cc(C)c(C(=O)NN)o1. The first-order chi connectivity index (χ1) is 10.2. The number of furan rings is 1. The second-order valence-electron chi connectivity index (χ2n) is 4.37. The van der Waals surface area contributed by atoms with E-state index in [1.165, 1.54) is 0 Å². The molecule has 1 aromatic carbocycles. The summed E-state index contributed by atoms with van der Waals surface area (Å²) in [5.41, 5.74) is 2.74. The predicted octanol–water partition coefficient (Wildman–Crippen LogP) is 2.17. The standard InChI is InChI=1S/C15H18N2O4/c1-3-19-12-6-4-5-7-13(12)20-9-11-8-10(2)14(21-11)15(18)17-16/h4-8H,3,9,16H2,1-2H3,(H,17,18). The Hall–Kier alpha value is -2.47. The quantitative estimate of drug-likeness (QED) is 0.483. The first kappa shape index (κ1) is 14.9. The molecule has 2 aromatic rings. The molecule has 0 radical (unpaired) electrons. The highest BCUT2D eigenvalue weighted by atomic mass is 16.5. The summed E-state index contributed by atoms with van der Waals surface area (Å²) in [4.78, 5) is 11.5. The van der Waals surface area contributed by atoms with Crippen molar-refractivity contribution in [1.82, 2.24) is 5.43 Å². The lowest BCUT2D eigenvalue weighted by molar-refractivity contribution is 0.0921. The van der Waals surface area contributed by atoms with Gasteiger partial charge in [-0.05, 0) is 32.0 Å². The summed E-state index contributed by atoms with van der Waals surface area (Å²) >= 11 is 0. The van der Waals surface area contributed by atoms with Gasteiger partial charge in [0.2, 0.25) is 0 Å². The van der Waals surface area contributed by atoms with E-state index in [1.807, 2.05) is 36.6 Å². The van der Waals surface area contributed by atoms with Crippen LogP contribution in [0.15, 0.2) is 34.7 Å². The van der Waals surface area contributed by atoms with Gasteiger partial charge in [0.25, 0.3) is 0 Å². The number of carbonyl (C=O) groups is 1. The largest absolute Gasteiger partial charge is 0.490 e. The van der Waals surface area contributed by atoms with Gasteiger partial charge in [-0.2, -0.15) is 0 Å². The third kappa shape index (κ3) is 3.55. The van der Waals surface area contributed by atoms with Crippen LogP contribution in [0.3, 0.4) is 0 Å². The average Bonchev–Trinajstić information content (AvgIpc) is 2.87. The number of amides is 1. The lowest BCUT2D eigenvalue weighted by Gasteiger charge is -2.10. The van der Waals surface area contributed by atoms with Crippen molar-refractivity contribution in [2.75, 3.05) is 6.61 Å². The molecule has 0 aliphatic rings. The number of rotatable bonds is 6. The van der Waals surface area contributed by atoms with E-state index in [0.29, 0.717) is 29.4 Å². The molecule has 0 aliphatic heterocycles. The Kier molecular flexibility index (Phi) is 4.84. The van der Waals surface area contributed by atoms with Crippen LogP contribution >= 0.6 is 0 Å². The summed E-state index contributed by atoms with van der Waals surface area (Å²) < 4.78 is 16.6. The van der Waals surface area contributed by atoms with Gasteiger partial charge >= 0.3 is 5.91 Å². The van der Waals surface area contributed by atoms with E-state index in [9.17, 15) is 4.79 Å². The van der Waals surface area contributed by atoms with Gasteiger partial charge in [0.05, 0.1) is 6.61 Å². The minimum absolute atomic E-state index is 0.189. The lowest BCUT2D eigenvalue weighted by Crippen LogP contribution is -2.30. The Morgan fingerprint density at radius 3 is 2.57 bits per heavy atom. The van der Waals surface area contributed by atoms with E-state index in [2.05, 4.69) is 0 Å². The highest BCUT2D eigenvalue weighted by molar-refractivity contribution is 5.92. The molecule has 2 rings (SSSR count). The topological polar surface area (TPSA) is 86.7 Å². The maximum absolute atomic E-state index is 11.5. The average molecular weight is 290 g/mol. The number of nitrogens with two attached hydrogens (primary N) is 1. The van der Waals surface area contributed by atoms with Crippen LogP contribution < -0.4 is 20.7 Å². The molecule has 1 heterocycles. The molecule has 112 valence electrons. The van der Waals surface area contributed by atoms with E-state index in [-0.39, 0.29) is 12.4 Å². The number of nitrogen functional groups attached to an aromatic ring is 1. The summed E-state index contributed by atoms with van der Waals surface area (Å²) in [5.74, 6) is 6.65. The number of ether oxygens (including phenoxy) is 2. The predicted molar refractivity (Wildman–Crippen MR) is 77.0 cm³/mol. The van der Waals surface area contributed by atoms with Crippen molar-refractivity contribution < 1.29 is 18.7 Å². The van der Waals surface area contributed by atoms with Gasteiger partial charge in [0.15, 0.2) is 17.3 Å². The van der Waals surface area contributed by atoms with Gasteiger partial charge < -0.3 is 13.9 Å². The van der Waals surface area contributed by atoms with Crippen molar-refractivity contribution in [2.24, 2.45) is 5.84 Å². The Morgan fingerprint density at radius 1 is 1.29 bits per heavy atom. The minimum atomic E-state index is -0.464. The number of hydrogen-bond donors (Lipinski definition) is 2. The van der Waals surface area contributed by atoms with E-state index < -0.39 is 5.91 Å². The molecule has 3 N–H and O–H groups in total. The number of para-hydroxylation sites is 2. The van der Waals surface area contributed by atoms with Crippen LogP contribution in [0.1, 0.15) is 28.8 Å². The highest BCUT2D eigenvalue weighted by Crippen LogP contribution is 2.27. The molecule has 0 unspecified atom stereocenters. The number of hydrazine groups is 1. The molecular weight excluding hydrogens is 272 g/mol. The zero-order valence-corrected chi connectivity index (χ0v) is 12.0. The van der Waals surface area contributed by atoms with Crippen LogP contribution in [0.5, 0.6) is 11.5 Å². The van der Waals surface area contributed by atoms with Gasteiger partial charge in [-0.25, -0.2) is 5.84 Å². The minimum Gasteiger partial charge on any atom is -0.490 e. The van der Waals surface area contributed by atoms with E-state index >= 15 is 0 Å². The van der Waals surface area contributed by atoms with Gasteiger partial charge in [-0.15, -0.1) is 0 Å². The van der Waals surface area contributed by atoms with Gasteiger partial charge in [0.1, 0.15) is 12.4 Å². The molecule has 1 aromatic heterocycles. The Labute approximate surface area is 122 Å². The third-order valence-electron chi connectivity index (χ3n) is 2.83. The summed E-state index contributed by atoms with van der Waals surface area (Å²) in [7, 11) is 0. The summed E-state index contributed by atoms with van der Waals surface area (Å²) in [6.45, 7) is 4.43. The Bertz CT molecular complexity index is 622. The second-order valence-corrected chi connectivity index (χ2v) is 4.37. The first-order valence-corrected chi connectivity index (χ1v) is 6.60. The first-order valence-electron chi connectivity index (χ1n) is 6.60. The van der Waals surface area contributed by atoms with Gasteiger partial charge in [0, 0.05) is 5.56 Å². The highest BCUT2D eigenvalue weighted by Gasteiger charge is 2.15. The molecule has 21 heavy (non-hydrogen) atoms. The van der Waals surface area contributed by atoms with E-state index in [0.717, 1.165) is 0 Å². The third-order valence-corrected chi connectivity index (χ3v) is 2.83. The molecule has 6 heteroatoms. The molecule has 1 amide bonds. The summed E-state index contributed by atoms with van der Waals surface area (Å²) in [5, 5.41) is 0. The van der Waals surface area contributed by atoms with Crippen LogP contribution in [-0.2, 0) is 6.61 Å². The van der Waals surface area contributed by atoms with E-state index in [4.69, 9.17) is 19.7 Å². The number of carbonyl (C=O) groups excluding carboxylic acids is 1. The van der Waals surface area contributed by atoms with Crippen LogP contribution in [-0.4, -0.2) is 12.5 Å². The van der Waals surface area contributed by atoms with Gasteiger partial charge in [-0.1, -0.05) is 12.1 Å². The van der Waals surface area contributed by atoms with Gasteiger partial charge in [-0.3, -0.25) is 10.2 Å². The number of hydrogen-bond acceptors (Lipinski definition) is 5. The molecule has 0 saturated carbocycles. The van der Waals surface area contributed by atoms with Crippen molar-refractivity contribution in [3.05, 3.63) is 47.4 Å². The molecule has 0 fully saturated rings. The molecule has 0 bridgehead atoms. The molecule has 0 aliphatic carbocycles. The monoisotopic (exact) mass is 290 g/mol. The fourth-order valence-electron chi connectivity index (χ4n) is 1.90. The van der Waals surface area contributed by atoms with Crippen molar-refractivity contribution in [3.63, 3.8) is 0 Å². The van der Waals surface area contributed by atoms with Crippen molar-refractivity contribution >= 4 is 5.91 Å². The number of benzene rings is 1. The zero-order valence-electron chi connectivity index (χ0n) is 12.0. The Morgan fingerprint density at radius 2 is 1.95 bits per heavy atom. The second kappa shape index (κ2) is 6.81. The fourth-order valence-corrected chi connectivity index (χ4v) is 1.90. The van der Waals surface area contributed by atoms with Crippen LogP contribution in [0.25, 0.3) is 0 Å². The van der Waals surface area contributed by atoms with Crippen molar-refractivity contribution in [1.29, 1.82) is 0 Å². The van der Waals surface area contributed by atoms with Crippen molar-refractivity contribution in [2.45, 2.75) is 20.5 Å². The van der Waals surface area contributed by atoms with Crippen LogP contribution in [0.2, 0.25) is 0 Å². The van der Waals surface area contributed by atoms with E-state index in [1.54, 1.807) is 13.0 Å². The Balaban J connectivity index is 2.08. The lowest BCUT2D eigenvalue weighted by atomic mass is 10.2. The summed E-state index contributed by atoms with van der Waals surface area (Å²) in [6.07, 6.45) is 0. The molecule has 0 spiro atoms. The molecular formula is C15H18N2O4. The number of nitrogens with one attached hydrogen (secondary N) is 1.